The van der Waals surface area contributed by atoms with E-state index in [9.17, 15) is 4.79 Å². The molecule has 0 fully saturated rings. The van der Waals surface area contributed by atoms with Gasteiger partial charge >= 0.3 is 6.03 Å². The Kier molecular flexibility index (Phi) is 5.61. The van der Waals surface area contributed by atoms with Crippen LogP contribution in [0.25, 0.3) is 0 Å². The third-order valence-corrected chi connectivity index (χ3v) is 4.35. The molecule has 2 aromatic rings. The molecule has 0 saturated heterocycles. The average Bonchev–Trinajstić information content (AvgIpc) is 3.01. The number of hydrogen-bond donors (Lipinski definition) is 3. The number of terminal acetylenes is 1. The monoisotopic (exact) mass is 349 g/mol. The molecule has 1 unspecified atom stereocenters. The van der Waals surface area contributed by atoms with Crippen LogP contribution in [0.2, 0.25) is 5.02 Å². The largest absolute Gasteiger partial charge is 0.395 e. The summed E-state index contributed by atoms with van der Waals surface area (Å²) in [5.41, 5.74) is 0.846. The van der Waals surface area contributed by atoms with Gasteiger partial charge in [-0.1, -0.05) is 29.7 Å². The van der Waals surface area contributed by atoms with Crippen LogP contribution in [0.15, 0.2) is 29.6 Å². The summed E-state index contributed by atoms with van der Waals surface area (Å²) in [7, 11) is 0. The van der Waals surface area contributed by atoms with E-state index in [1.165, 1.54) is 11.3 Å². The second-order valence-corrected chi connectivity index (χ2v) is 6.21. The van der Waals surface area contributed by atoms with E-state index >= 15 is 0 Å². The first-order chi connectivity index (χ1) is 11.0. The number of amides is 2. The van der Waals surface area contributed by atoms with Gasteiger partial charge in [0.25, 0.3) is 0 Å². The van der Waals surface area contributed by atoms with Gasteiger partial charge in [0.2, 0.25) is 0 Å². The normalized spacial score (nSPS) is 13.0. The van der Waals surface area contributed by atoms with Crippen LogP contribution in [-0.4, -0.2) is 29.3 Å². The number of urea groups is 1. The van der Waals surface area contributed by atoms with Gasteiger partial charge in [-0.05, 0) is 24.6 Å². The van der Waals surface area contributed by atoms with Crippen LogP contribution in [0, 0.1) is 12.3 Å². The second kappa shape index (κ2) is 7.47. The van der Waals surface area contributed by atoms with E-state index in [1.54, 1.807) is 12.1 Å². The van der Waals surface area contributed by atoms with Gasteiger partial charge < -0.3 is 10.4 Å². The smallest absolute Gasteiger partial charge is 0.321 e. The molecular weight excluding hydrogens is 334 g/mol. The predicted octanol–water partition coefficient (Wildman–Crippen LogP) is 2.85. The summed E-state index contributed by atoms with van der Waals surface area (Å²) in [6.07, 6.45) is 5.74. The van der Waals surface area contributed by atoms with Crippen molar-refractivity contribution >= 4 is 34.1 Å². The number of nitrogens with one attached hydrogen (secondary N) is 2. The minimum atomic E-state index is -0.720. The highest BCUT2D eigenvalue weighted by molar-refractivity contribution is 7.14. The van der Waals surface area contributed by atoms with Crippen molar-refractivity contribution < 1.29 is 9.90 Å². The molecule has 2 rings (SSSR count). The zero-order valence-corrected chi connectivity index (χ0v) is 14.0. The van der Waals surface area contributed by atoms with Crippen LogP contribution < -0.4 is 10.6 Å². The Morgan fingerprint density at radius 2 is 2.17 bits per heavy atom. The van der Waals surface area contributed by atoms with Crippen LogP contribution in [-0.2, 0) is 5.41 Å². The quantitative estimate of drug-likeness (QED) is 0.727. The molecule has 1 aromatic heterocycles. The zero-order chi connectivity index (χ0) is 16.9. The molecular formula is C16H16ClN3O2S. The minimum absolute atomic E-state index is 0.123. The van der Waals surface area contributed by atoms with Crippen LogP contribution >= 0.6 is 22.9 Å². The molecule has 0 saturated carbocycles. The van der Waals surface area contributed by atoms with E-state index in [0.717, 1.165) is 5.56 Å². The molecule has 1 heterocycles. The third-order valence-electron chi connectivity index (χ3n) is 3.34. The molecule has 0 bridgehead atoms. The predicted molar refractivity (Wildman–Crippen MR) is 93.0 cm³/mol. The molecule has 23 heavy (non-hydrogen) atoms. The standard InChI is InChI=1S/C16H16ClN3O2S/c1-3-16(2,11-4-6-12(17)7-5-11)13-10-23-15(19-13)20-14(22)18-8-9-21/h1,4-7,10,21H,8-9H2,2H3,(H2,18,19,20,22). The summed E-state index contributed by atoms with van der Waals surface area (Å²) in [6.45, 7) is 1.94. The minimum Gasteiger partial charge on any atom is -0.395 e. The lowest BCUT2D eigenvalue weighted by atomic mass is 9.81. The van der Waals surface area contributed by atoms with E-state index in [0.29, 0.717) is 15.8 Å². The molecule has 1 atom stereocenters. The van der Waals surface area contributed by atoms with Crippen LogP contribution in [0.5, 0.6) is 0 Å². The summed E-state index contributed by atoms with van der Waals surface area (Å²) >= 11 is 7.20. The van der Waals surface area contributed by atoms with Gasteiger partial charge in [-0.15, -0.1) is 17.8 Å². The Hall–Kier alpha value is -2.07. The number of thiazole rings is 1. The number of aliphatic hydroxyl groups excluding tert-OH is 1. The molecule has 5 nitrogen and oxygen atoms in total. The number of aliphatic hydroxyl groups is 1. The summed E-state index contributed by atoms with van der Waals surface area (Å²) in [5, 5.41) is 16.7. The molecule has 120 valence electrons. The number of benzene rings is 1. The van der Waals surface area contributed by atoms with E-state index in [4.69, 9.17) is 23.1 Å². The van der Waals surface area contributed by atoms with Gasteiger partial charge in [-0.3, -0.25) is 5.32 Å². The zero-order valence-electron chi connectivity index (χ0n) is 12.5. The van der Waals surface area contributed by atoms with Crippen LogP contribution in [0.1, 0.15) is 18.2 Å². The number of hydrogen-bond acceptors (Lipinski definition) is 4. The lowest BCUT2D eigenvalue weighted by Crippen LogP contribution is -2.31. The highest BCUT2D eigenvalue weighted by Gasteiger charge is 2.29. The number of carbonyl (C=O) groups is 1. The lowest BCUT2D eigenvalue weighted by molar-refractivity contribution is 0.245. The van der Waals surface area contributed by atoms with Crippen molar-refractivity contribution in [3.05, 3.63) is 45.9 Å². The van der Waals surface area contributed by atoms with Crippen molar-refractivity contribution in [3.8, 4) is 12.3 Å². The molecule has 2 amide bonds. The lowest BCUT2D eigenvalue weighted by Gasteiger charge is -2.22. The molecule has 3 N–H and O–H groups in total. The van der Waals surface area contributed by atoms with Gasteiger partial charge in [-0.25, -0.2) is 9.78 Å². The highest BCUT2D eigenvalue weighted by atomic mass is 35.5. The van der Waals surface area contributed by atoms with E-state index in [2.05, 4.69) is 21.5 Å². The van der Waals surface area contributed by atoms with Crippen molar-refractivity contribution in [2.45, 2.75) is 12.3 Å². The van der Waals surface area contributed by atoms with Crippen molar-refractivity contribution in [2.75, 3.05) is 18.5 Å². The number of aromatic nitrogens is 1. The van der Waals surface area contributed by atoms with E-state index in [-0.39, 0.29) is 13.2 Å². The molecule has 0 aliphatic rings. The van der Waals surface area contributed by atoms with Gasteiger partial charge in [0.1, 0.15) is 0 Å². The highest BCUT2D eigenvalue weighted by Crippen LogP contribution is 2.33. The Balaban J connectivity index is 2.21. The average molecular weight is 350 g/mol. The Labute approximate surface area is 143 Å². The number of rotatable bonds is 5. The first-order valence-corrected chi connectivity index (χ1v) is 8.11. The first kappa shape index (κ1) is 17.3. The summed E-state index contributed by atoms with van der Waals surface area (Å²) in [4.78, 5) is 16.0. The molecule has 0 radical (unpaired) electrons. The maximum Gasteiger partial charge on any atom is 0.321 e. The van der Waals surface area contributed by atoms with Crippen molar-refractivity contribution in [1.29, 1.82) is 0 Å². The topological polar surface area (TPSA) is 74.2 Å². The fourth-order valence-electron chi connectivity index (χ4n) is 1.96. The van der Waals surface area contributed by atoms with Crippen molar-refractivity contribution in [2.24, 2.45) is 0 Å². The van der Waals surface area contributed by atoms with Crippen LogP contribution in [0.3, 0.4) is 0 Å². The fourth-order valence-corrected chi connectivity index (χ4v) is 2.90. The molecule has 7 heteroatoms. The number of anilines is 1. The first-order valence-electron chi connectivity index (χ1n) is 6.85. The molecule has 0 aliphatic carbocycles. The Morgan fingerprint density at radius 3 is 2.78 bits per heavy atom. The number of halogens is 1. The van der Waals surface area contributed by atoms with Gasteiger partial charge in [-0.2, -0.15) is 0 Å². The molecule has 0 aliphatic heterocycles. The van der Waals surface area contributed by atoms with Crippen molar-refractivity contribution in [3.63, 3.8) is 0 Å². The van der Waals surface area contributed by atoms with Gasteiger partial charge in [0, 0.05) is 16.9 Å². The SMILES string of the molecule is C#CC(C)(c1ccc(Cl)cc1)c1csc(NC(=O)NCCO)n1. The van der Waals surface area contributed by atoms with E-state index in [1.807, 2.05) is 24.4 Å². The van der Waals surface area contributed by atoms with Gasteiger partial charge in [0.15, 0.2) is 5.13 Å². The maximum atomic E-state index is 11.6. The van der Waals surface area contributed by atoms with Crippen molar-refractivity contribution in [1.82, 2.24) is 10.3 Å². The molecule has 1 aromatic carbocycles. The second-order valence-electron chi connectivity index (χ2n) is 4.92. The number of nitrogens with zero attached hydrogens (tertiary/aromatic N) is 1. The third kappa shape index (κ3) is 4.02. The number of carbonyl (C=O) groups excluding carboxylic acids is 1. The summed E-state index contributed by atoms with van der Waals surface area (Å²) in [5.74, 6) is 2.77. The van der Waals surface area contributed by atoms with Gasteiger partial charge in [0.05, 0.1) is 17.7 Å². The molecule has 0 spiro atoms. The van der Waals surface area contributed by atoms with E-state index < -0.39 is 11.4 Å². The Bertz CT molecular complexity index is 724. The van der Waals surface area contributed by atoms with Crippen LogP contribution in [0.4, 0.5) is 9.93 Å². The Morgan fingerprint density at radius 1 is 1.48 bits per heavy atom. The fraction of sp³-hybridized carbons (Fsp3) is 0.250. The summed E-state index contributed by atoms with van der Waals surface area (Å²) in [6, 6.07) is 6.86. The summed E-state index contributed by atoms with van der Waals surface area (Å²) < 4.78 is 0. The maximum absolute atomic E-state index is 11.6.